The molecule has 0 unspecified atom stereocenters. The molecule has 2 aliphatic rings. The number of nitrogens with zero attached hydrogens (tertiary/aromatic N) is 3. The molecule has 10 heteroatoms. The molecule has 1 saturated carbocycles. The van der Waals surface area contributed by atoms with Crippen molar-refractivity contribution in [3.8, 4) is 17.2 Å². The van der Waals surface area contributed by atoms with Gasteiger partial charge < -0.3 is 20.5 Å². The minimum atomic E-state index is -0.282. The quantitative estimate of drug-likeness (QED) is 0.358. The van der Waals surface area contributed by atoms with Gasteiger partial charge >= 0.3 is 0 Å². The lowest BCUT2D eigenvalue weighted by Gasteiger charge is -2.21. The molecule has 2 aromatic carbocycles. The van der Waals surface area contributed by atoms with Crippen molar-refractivity contribution in [2.45, 2.75) is 70.3 Å². The standard InChI is InChI=1S/C25H29ClN6O3/c26-20-14-21(28-25-29-31-32-30-25)17-9-6-10-18(17)23(20)35-16-11-12-22(33)19(13-16)24(34)27-15-7-4-2-1-3-5-8-15/h11-15,33H,1-10H2,(H,27,34)(H2,28,29,30,31,32). The third-order valence-corrected chi connectivity index (χ3v) is 7.06. The normalized spacial score (nSPS) is 16.3. The summed E-state index contributed by atoms with van der Waals surface area (Å²) in [7, 11) is 0. The molecular formula is C25H29ClN6O3. The van der Waals surface area contributed by atoms with E-state index in [1.807, 2.05) is 0 Å². The number of hydrogen-bond acceptors (Lipinski definition) is 7. The van der Waals surface area contributed by atoms with E-state index in [0.717, 1.165) is 61.8 Å². The number of aromatic hydroxyl groups is 1. The highest BCUT2D eigenvalue weighted by atomic mass is 35.5. The van der Waals surface area contributed by atoms with Crippen molar-refractivity contribution in [2.24, 2.45) is 0 Å². The average molecular weight is 497 g/mol. The van der Waals surface area contributed by atoms with Gasteiger partial charge in [-0.3, -0.25) is 4.79 Å². The number of anilines is 2. The summed E-state index contributed by atoms with van der Waals surface area (Å²) in [5.74, 6) is 1.09. The van der Waals surface area contributed by atoms with Gasteiger partial charge in [0.2, 0.25) is 5.95 Å². The number of phenols is 1. The van der Waals surface area contributed by atoms with E-state index in [2.05, 4.69) is 31.3 Å². The van der Waals surface area contributed by atoms with E-state index >= 15 is 0 Å². The second-order valence-corrected chi connectivity index (χ2v) is 9.62. The molecule has 35 heavy (non-hydrogen) atoms. The first-order valence-electron chi connectivity index (χ1n) is 12.2. The van der Waals surface area contributed by atoms with Crippen LogP contribution in [-0.2, 0) is 12.8 Å². The number of aromatic amines is 1. The summed E-state index contributed by atoms with van der Waals surface area (Å²) in [4.78, 5) is 13.0. The molecule has 1 heterocycles. The number of benzene rings is 2. The van der Waals surface area contributed by atoms with Crippen LogP contribution in [0.5, 0.6) is 17.2 Å². The zero-order chi connectivity index (χ0) is 24.2. The molecule has 3 aromatic rings. The summed E-state index contributed by atoms with van der Waals surface area (Å²) < 4.78 is 6.22. The molecule has 5 rings (SSSR count). The van der Waals surface area contributed by atoms with E-state index in [9.17, 15) is 9.90 Å². The Bertz CT molecular complexity index is 1190. The number of halogens is 1. The number of nitrogens with one attached hydrogen (secondary N) is 3. The summed E-state index contributed by atoms with van der Waals surface area (Å²) in [5.41, 5.74) is 3.15. The molecule has 0 aliphatic heterocycles. The van der Waals surface area contributed by atoms with E-state index in [-0.39, 0.29) is 23.3 Å². The predicted molar refractivity (Wildman–Crippen MR) is 133 cm³/mol. The van der Waals surface area contributed by atoms with Crippen LogP contribution < -0.4 is 15.4 Å². The number of aromatic nitrogens is 4. The van der Waals surface area contributed by atoms with Crippen LogP contribution in [0.15, 0.2) is 24.3 Å². The molecule has 0 atom stereocenters. The lowest BCUT2D eigenvalue weighted by Crippen LogP contribution is -2.35. The topological polar surface area (TPSA) is 125 Å². The summed E-state index contributed by atoms with van der Waals surface area (Å²) in [5, 5.41) is 30.9. The summed E-state index contributed by atoms with van der Waals surface area (Å²) in [6.45, 7) is 0. The van der Waals surface area contributed by atoms with Gasteiger partial charge in [0.25, 0.3) is 5.91 Å². The van der Waals surface area contributed by atoms with Crippen molar-refractivity contribution >= 4 is 29.1 Å². The van der Waals surface area contributed by atoms with Crippen LogP contribution in [0.25, 0.3) is 0 Å². The van der Waals surface area contributed by atoms with Gasteiger partial charge in [-0.05, 0) is 72.4 Å². The van der Waals surface area contributed by atoms with Crippen LogP contribution in [0.1, 0.15) is 72.9 Å². The molecular weight excluding hydrogens is 468 g/mol. The van der Waals surface area contributed by atoms with Crippen LogP contribution in [0.4, 0.5) is 11.6 Å². The predicted octanol–water partition coefficient (Wildman–Crippen LogP) is 5.43. The maximum absolute atomic E-state index is 13.0. The molecule has 0 saturated heterocycles. The van der Waals surface area contributed by atoms with Crippen LogP contribution in [0.3, 0.4) is 0 Å². The van der Waals surface area contributed by atoms with Crippen LogP contribution in [0, 0.1) is 0 Å². The van der Waals surface area contributed by atoms with Crippen molar-refractivity contribution < 1.29 is 14.6 Å². The first kappa shape index (κ1) is 23.4. The third-order valence-electron chi connectivity index (χ3n) is 6.78. The molecule has 1 amide bonds. The number of fused-ring (bicyclic) bond motifs is 1. The highest BCUT2D eigenvalue weighted by Gasteiger charge is 2.25. The summed E-state index contributed by atoms with van der Waals surface area (Å²) in [6.07, 6.45) is 10.5. The number of H-pyrrole nitrogens is 1. The molecule has 2 aliphatic carbocycles. The van der Waals surface area contributed by atoms with Gasteiger partial charge in [0.1, 0.15) is 17.2 Å². The number of carbonyl (C=O) groups excluding carboxylic acids is 1. The van der Waals surface area contributed by atoms with Gasteiger partial charge in [-0.25, -0.2) is 5.10 Å². The Morgan fingerprint density at radius 3 is 2.60 bits per heavy atom. The van der Waals surface area contributed by atoms with Crippen molar-refractivity contribution in [1.29, 1.82) is 0 Å². The molecule has 9 nitrogen and oxygen atoms in total. The first-order valence-corrected chi connectivity index (χ1v) is 12.6. The number of carbonyl (C=O) groups is 1. The van der Waals surface area contributed by atoms with E-state index in [0.29, 0.717) is 22.5 Å². The number of rotatable bonds is 6. The van der Waals surface area contributed by atoms with Crippen molar-refractivity contribution in [3.63, 3.8) is 0 Å². The first-order chi connectivity index (χ1) is 17.1. The van der Waals surface area contributed by atoms with E-state index in [4.69, 9.17) is 16.3 Å². The van der Waals surface area contributed by atoms with Gasteiger partial charge in [0, 0.05) is 17.3 Å². The Morgan fingerprint density at radius 1 is 1.06 bits per heavy atom. The van der Waals surface area contributed by atoms with Gasteiger partial charge in [-0.15, -0.1) is 0 Å². The van der Waals surface area contributed by atoms with Crippen LogP contribution >= 0.6 is 11.6 Å². The van der Waals surface area contributed by atoms with Crippen molar-refractivity contribution in [2.75, 3.05) is 5.32 Å². The minimum Gasteiger partial charge on any atom is -0.507 e. The Labute approximate surface area is 208 Å². The number of phenolic OH excluding ortho intramolecular Hbond substituents is 1. The van der Waals surface area contributed by atoms with Crippen molar-refractivity contribution in [1.82, 2.24) is 25.9 Å². The zero-order valence-electron chi connectivity index (χ0n) is 19.4. The van der Waals surface area contributed by atoms with Crippen LogP contribution in [-0.4, -0.2) is 37.7 Å². The fourth-order valence-electron chi connectivity index (χ4n) is 5.02. The number of ether oxygens (including phenoxy) is 1. The van der Waals surface area contributed by atoms with E-state index in [1.54, 1.807) is 18.2 Å². The molecule has 0 radical (unpaired) electrons. The lowest BCUT2D eigenvalue weighted by atomic mass is 9.96. The Balaban J connectivity index is 1.36. The largest absolute Gasteiger partial charge is 0.507 e. The Morgan fingerprint density at radius 2 is 1.83 bits per heavy atom. The number of tetrazole rings is 1. The minimum absolute atomic E-state index is 0.0720. The molecule has 0 spiro atoms. The van der Waals surface area contributed by atoms with E-state index < -0.39 is 0 Å². The Hall–Kier alpha value is -3.33. The molecule has 0 bridgehead atoms. The monoisotopic (exact) mass is 496 g/mol. The summed E-state index contributed by atoms with van der Waals surface area (Å²) >= 11 is 6.64. The van der Waals surface area contributed by atoms with E-state index in [1.165, 1.54) is 25.3 Å². The highest BCUT2D eigenvalue weighted by Crippen LogP contribution is 2.44. The average Bonchev–Trinajstić information content (AvgIpc) is 3.51. The fourth-order valence-corrected chi connectivity index (χ4v) is 5.28. The number of amides is 1. The van der Waals surface area contributed by atoms with Gasteiger partial charge in [-0.2, -0.15) is 0 Å². The van der Waals surface area contributed by atoms with Gasteiger partial charge in [-0.1, -0.05) is 48.8 Å². The zero-order valence-corrected chi connectivity index (χ0v) is 20.2. The molecule has 184 valence electrons. The highest BCUT2D eigenvalue weighted by molar-refractivity contribution is 6.32. The maximum atomic E-state index is 13.0. The van der Waals surface area contributed by atoms with Crippen molar-refractivity contribution in [3.05, 3.63) is 46.0 Å². The molecule has 1 fully saturated rings. The SMILES string of the molecule is O=C(NC1CCCCCCC1)c1cc(Oc2c(Cl)cc(Nc3nnn[nH]3)c3c2CCC3)ccc1O. The second kappa shape index (κ2) is 10.5. The third kappa shape index (κ3) is 5.35. The smallest absolute Gasteiger partial charge is 0.255 e. The summed E-state index contributed by atoms with van der Waals surface area (Å²) in [6, 6.07) is 6.64. The number of hydrogen-bond donors (Lipinski definition) is 4. The fraction of sp³-hybridized carbons (Fsp3) is 0.440. The second-order valence-electron chi connectivity index (χ2n) is 9.22. The molecule has 1 aromatic heterocycles. The van der Waals surface area contributed by atoms with Crippen LogP contribution in [0.2, 0.25) is 5.02 Å². The lowest BCUT2D eigenvalue weighted by molar-refractivity contribution is 0.0927. The Kier molecular flexibility index (Phi) is 7.03. The molecule has 4 N–H and O–H groups in total. The van der Waals surface area contributed by atoms with Gasteiger partial charge in [0.05, 0.1) is 10.6 Å². The van der Waals surface area contributed by atoms with Gasteiger partial charge in [0.15, 0.2) is 0 Å². The maximum Gasteiger partial charge on any atom is 0.255 e.